The van der Waals surface area contributed by atoms with Crippen LogP contribution < -0.4 is 15.5 Å². The van der Waals surface area contributed by atoms with Gasteiger partial charge in [-0.1, -0.05) is 17.7 Å². The second-order valence-electron chi connectivity index (χ2n) is 6.91. The van der Waals surface area contributed by atoms with Gasteiger partial charge in [-0.2, -0.15) is 0 Å². The number of anilines is 3. The largest absolute Gasteiger partial charge is 0.463 e. The molecule has 0 aliphatic carbocycles. The van der Waals surface area contributed by atoms with Crippen molar-refractivity contribution >= 4 is 57.8 Å². The van der Waals surface area contributed by atoms with Crippen LogP contribution >= 0.6 is 22.9 Å². The van der Waals surface area contributed by atoms with Gasteiger partial charge in [0.15, 0.2) is 0 Å². The summed E-state index contributed by atoms with van der Waals surface area (Å²) in [5, 5.41) is 13.4. The summed E-state index contributed by atoms with van der Waals surface area (Å²) in [5.74, 6) is -0.666. The maximum atomic E-state index is 12.9. The number of rotatable bonds is 5. The van der Waals surface area contributed by atoms with Gasteiger partial charge in [0, 0.05) is 11.4 Å². The lowest BCUT2D eigenvalue weighted by atomic mass is 10.1. The minimum atomic E-state index is -0.343. The Balaban J connectivity index is 1.50. The molecule has 31 heavy (non-hydrogen) atoms. The molecule has 1 aliphatic rings. The SMILES string of the molecule is Cc1ccc(C(=O)Nc2ccc(N3CCOC3=N)cc2)c(NC(=O)c2ccc(Cl)s2)c1. The van der Waals surface area contributed by atoms with Gasteiger partial charge >= 0.3 is 0 Å². The number of aryl methyl sites for hydroxylation is 1. The van der Waals surface area contributed by atoms with Crippen molar-refractivity contribution in [2.45, 2.75) is 6.92 Å². The first kappa shape index (κ1) is 20.9. The predicted molar refractivity (Wildman–Crippen MR) is 124 cm³/mol. The molecule has 1 fully saturated rings. The van der Waals surface area contributed by atoms with E-state index in [2.05, 4.69) is 10.6 Å². The van der Waals surface area contributed by atoms with Crippen molar-refractivity contribution in [3.05, 3.63) is 74.9 Å². The summed E-state index contributed by atoms with van der Waals surface area (Å²) in [6.07, 6.45) is 0. The highest BCUT2D eigenvalue weighted by atomic mass is 35.5. The molecule has 0 radical (unpaired) electrons. The van der Waals surface area contributed by atoms with Crippen LogP contribution in [0.5, 0.6) is 0 Å². The molecule has 2 aromatic carbocycles. The summed E-state index contributed by atoms with van der Waals surface area (Å²) in [7, 11) is 0. The van der Waals surface area contributed by atoms with E-state index in [9.17, 15) is 9.59 Å². The molecule has 4 rings (SSSR count). The number of hydrogen-bond acceptors (Lipinski definition) is 5. The van der Waals surface area contributed by atoms with Gasteiger partial charge in [0.1, 0.15) is 6.61 Å². The number of carbonyl (C=O) groups is 2. The highest BCUT2D eigenvalue weighted by molar-refractivity contribution is 7.18. The third-order valence-corrected chi connectivity index (χ3v) is 5.93. The number of amidine groups is 1. The van der Waals surface area contributed by atoms with Crippen LogP contribution in [0.2, 0.25) is 4.34 Å². The Kier molecular flexibility index (Phi) is 5.92. The summed E-state index contributed by atoms with van der Waals surface area (Å²) in [6, 6.07) is 15.8. The van der Waals surface area contributed by atoms with E-state index in [0.29, 0.717) is 39.3 Å². The van der Waals surface area contributed by atoms with Crippen LogP contribution in [0.3, 0.4) is 0 Å². The smallest absolute Gasteiger partial charge is 0.289 e. The number of carbonyl (C=O) groups excluding carboxylic acids is 2. The highest BCUT2D eigenvalue weighted by Crippen LogP contribution is 2.25. The number of halogens is 1. The molecule has 1 aliphatic heterocycles. The summed E-state index contributed by atoms with van der Waals surface area (Å²) in [5.41, 5.74) is 3.10. The van der Waals surface area contributed by atoms with Crippen molar-refractivity contribution in [1.29, 1.82) is 5.41 Å². The van der Waals surface area contributed by atoms with Gasteiger partial charge in [0.05, 0.1) is 27.0 Å². The van der Waals surface area contributed by atoms with Crippen molar-refractivity contribution in [3.8, 4) is 0 Å². The Bertz CT molecular complexity index is 1160. The van der Waals surface area contributed by atoms with E-state index in [1.165, 1.54) is 11.3 Å². The van der Waals surface area contributed by atoms with Gasteiger partial charge in [-0.25, -0.2) is 0 Å². The maximum absolute atomic E-state index is 12.9. The molecule has 3 N–H and O–H groups in total. The third-order valence-electron chi connectivity index (χ3n) is 4.70. The van der Waals surface area contributed by atoms with E-state index < -0.39 is 0 Å². The number of hydrogen-bond donors (Lipinski definition) is 3. The quantitative estimate of drug-likeness (QED) is 0.506. The van der Waals surface area contributed by atoms with Crippen LogP contribution in [0, 0.1) is 12.3 Å². The normalized spacial score (nSPS) is 13.1. The second kappa shape index (κ2) is 8.79. The number of ether oxygens (including phenoxy) is 1. The van der Waals surface area contributed by atoms with Crippen molar-refractivity contribution in [2.24, 2.45) is 0 Å². The van der Waals surface area contributed by atoms with E-state index >= 15 is 0 Å². The summed E-state index contributed by atoms with van der Waals surface area (Å²) < 4.78 is 5.68. The van der Waals surface area contributed by atoms with Gasteiger partial charge in [0.2, 0.25) is 0 Å². The average Bonchev–Trinajstić information content (AvgIpc) is 3.37. The first-order valence-electron chi connectivity index (χ1n) is 9.48. The number of thiophene rings is 1. The van der Waals surface area contributed by atoms with Gasteiger partial charge in [0.25, 0.3) is 17.8 Å². The Morgan fingerprint density at radius 2 is 1.84 bits per heavy atom. The van der Waals surface area contributed by atoms with Crippen LogP contribution in [-0.2, 0) is 4.74 Å². The Labute approximate surface area is 188 Å². The molecule has 158 valence electrons. The zero-order chi connectivity index (χ0) is 22.0. The lowest BCUT2D eigenvalue weighted by Gasteiger charge is -2.16. The van der Waals surface area contributed by atoms with Gasteiger partial charge in [-0.05, 0) is 61.0 Å². The molecule has 0 atom stereocenters. The maximum Gasteiger partial charge on any atom is 0.289 e. The first-order valence-corrected chi connectivity index (χ1v) is 10.7. The van der Waals surface area contributed by atoms with Crippen molar-refractivity contribution in [3.63, 3.8) is 0 Å². The topological polar surface area (TPSA) is 94.5 Å². The molecule has 0 bridgehead atoms. The molecular formula is C22H19ClN4O3S. The summed E-state index contributed by atoms with van der Waals surface area (Å²) >= 11 is 7.09. The van der Waals surface area contributed by atoms with E-state index in [1.807, 2.05) is 25.1 Å². The minimum absolute atomic E-state index is 0.115. The molecule has 0 saturated carbocycles. The number of benzene rings is 2. The third kappa shape index (κ3) is 4.70. The van der Waals surface area contributed by atoms with Crippen molar-refractivity contribution in [2.75, 3.05) is 28.7 Å². The molecule has 2 amide bonds. The van der Waals surface area contributed by atoms with Crippen molar-refractivity contribution in [1.82, 2.24) is 0 Å². The molecule has 1 saturated heterocycles. The van der Waals surface area contributed by atoms with E-state index in [1.54, 1.807) is 41.3 Å². The van der Waals surface area contributed by atoms with E-state index in [0.717, 1.165) is 11.3 Å². The fraction of sp³-hybridized carbons (Fsp3) is 0.136. The van der Waals surface area contributed by atoms with E-state index in [4.69, 9.17) is 21.7 Å². The summed E-state index contributed by atoms with van der Waals surface area (Å²) in [6.45, 7) is 2.99. The molecule has 9 heteroatoms. The molecule has 1 aromatic heterocycles. The Hall–Kier alpha value is -3.36. The average molecular weight is 455 g/mol. The highest BCUT2D eigenvalue weighted by Gasteiger charge is 2.20. The lowest BCUT2D eigenvalue weighted by molar-refractivity contribution is 0.102. The standard InChI is InChI=1S/C22H19ClN4O3S/c1-13-2-7-16(17(12-13)26-21(29)18-8-9-19(23)31-18)20(28)25-14-3-5-15(6-4-14)27-10-11-30-22(27)24/h2-9,12,24H,10-11H2,1H3,(H,25,28)(H,26,29). The first-order chi connectivity index (χ1) is 14.9. The zero-order valence-electron chi connectivity index (χ0n) is 16.6. The molecule has 2 heterocycles. The van der Waals surface area contributed by atoms with Crippen LogP contribution in [0.1, 0.15) is 25.6 Å². The second-order valence-corrected chi connectivity index (χ2v) is 8.63. The molecule has 0 unspecified atom stereocenters. The van der Waals surface area contributed by atoms with Gasteiger partial charge in [-0.15, -0.1) is 11.3 Å². The zero-order valence-corrected chi connectivity index (χ0v) is 18.1. The lowest BCUT2D eigenvalue weighted by Crippen LogP contribution is -2.23. The number of nitrogens with zero attached hydrogens (tertiary/aromatic N) is 1. The number of amides is 2. The molecular weight excluding hydrogens is 436 g/mol. The van der Waals surface area contributed by atoms with Crippen LogP contribution in [-0.4, -0.2) is 31.0 Å². The Morgan fingerprint density at radius 1 is 1.06 bits per heavy atom. The fourth-order valence-corrected chi connectivity index (χ4v) is 4.10. The van der Waals surface area contributed by atoms with Crippen LogP contribution in [0.25, 0.3) is 0 Å². The molecule has 0 spiro atoms. The van der Waals surface area contributed by atoms with E-state index in [-0.39, 0.29) is 17.8 Å². The molecule has 3 aromatic rings. The van der Waals surface area contributed by atoms with Crippen molar-refractivity contribution < 1.29 is 14.3 Å². The fourth-order valence-electron chi connectivity index (χ4n) is 3.16. The predicted octanol–water partition coefficient (Wildman–Crippen LogP) is 4.99. The van der Waals surface area contributed by atoms with Gasteiger partial charge in [-0.3, -0.25) is 19.9 Å². The van der Waals surface area contributed by atoms with Crippen LogP contribution in [0.15, 0.2) is 54.6 Å². The minimum Gasteiger partial charge on any atom is -0.463 e. The Morgan fingerprint density at radius 3 is 2.48 bits per heavy atom. The summed E-state index contributed by atoms with van der Waals surface area (Å²) in [4.78, 5) is 27.7. The molecule has 7 nitrogen and oxygen atoms in total. The van der Waals surface area contributed by atoms with Gasteiger partial charge < -0.3 is 15.4 Å². The monoisotopic (exact) mass is 454 g/mol. The van der Waals surface area contributed by atoms with Crippen LogP contribution in [0.4, 0.5) is 17.1 Å². The number of nitrogens with one attached hydrogen (secondary N) is 3.